The summed E-state index contributed by atoms with van der Waals surface area (Å²) in [5, 5.41) is 4.45. The number of anilines is 2. The van der Waals surface area contributed by atoms with Crippen LogP contribution in [-0.2, 0) is 0 Å². The first-order chi connectivity index (χ1) is 11.6. The lowest BCUT2D eigenvalue weighted by molar-refractivity contribution is 0.361. The topological polar surface area (TPSA) is 54.3 Å². The predicted molar refractivity (Wildman–Crippen MR) is 96.8 cm³/mol. The van der Waals surface area contributed by atoms with Gasteiger partial charge < -0.3 is 9.80 Å². The van der Waals surface area contributed by atoms with E-state index in [0.29, 0.717) is 6.04 Å². The summed E-state index contributed by atoms with van der Waals surface area (Å²) in [6.07, 6.45) is 5.60. The van der Waals surface area contributed by atoms with Gasteiger partial charge in [0.2, 0.25) is 0 Å². The molecular weight excluding hydrogens is 302 g/mol. The molecule has 0 radical (unpaired) electrons. The van der Waals surface area contributed by atoms with Gasteiger partial charge in [-0.2, -0.15) is 5.10 Å². The summed E-state index contributed by atoms with van der Waals surface area (Å²) in [7, 11) is 1.98. The molecule has 0 aromatic carbocycles. The highest BCUT2D eigenvalue weighted by Crippen LogP contribution is 2.23. The number of piperidine rings is 1. The van der Waals surface area contributed by atoms with Gasteiger partial charge in [0.15, 0.2) is 0 Å². The van der Waals surface area contributed by atoms with E-state index in [2.05, 4.69) is 33.7 Å². The molecule has 1 atom stereocenters. The summed E-state index contributed by atoms with van der Waals surface area (Å²) >= 11 is 0. The van der Waals surface area contributed by atoms with E-state index in [4.69, 9.17) is 0 Å². The van der Waals surface area contributed by atoms with E-state index in [1.54, 1.807) is 23.1 Å². The fraction of sp³-hybridized carbons (Fsp3) is 0.500. The fourth-order valence-corrected chi connectivity index (χ4v) is 3.08. The van der Waals surface area contributed by atoms with Crippen molar-refractivity contribution < 1.29 is 0 Å². The van der Waals surface area contributed by atoms with Crippen LogP contribution in [0.5, 0.6) is 0 Å². The molecule has 1 aliphatic heterocycles. The van der Waals surface area contributed by atoms with Crippen molar-refractivity contribution in [2.45, 2.75) is 38.8 Å². The van der Waals surface area contributed by atoms with Crippen molar-refractivity contribution in [2.24, 2.45) is 0 Å². The van der Waals surface area contributed by atoms with E-state index in [1.165, 1.54) is 0 Å². The molecular formula is C18H25N5O. The Morgan fingerprint density at radius 2 is 2.17 bits per heavy atom. The highest BCUT2D eigenvalue weighted by Gasteiger charge is 2.24. The van der Waals surface area contributed by atoms with Crippen LogP contribution in [0.3, 0.4) is 0 Å². The van der Waals surface area contributed by atoms with Gasteiger partial charge in [-0.05, 0) is 38.8 Å². The molecule has 3 heterocycles. The van der Waals surface area contributed by atoms with Gasteiger partial charge in [0.1, 0.15) is 5.82 Å². The standard InChI is InChI=1S/C18H25N5O/c1-14(2)21(3)16-11-18(24)23(20-12-16)15-7-6-10-22(13-15)17-8-4-5-9-19-17/h4-5,8-9,11-12,14-15H,6-7,10,13H2,1-3H3/t15-/m1/s1. The Kier molecular flexibility index (Phi) is 4.83. The summed E-state index contributed by atoms with van der Waals surface area (Å²) in [5.41, 5.74) is 0.830. The largest absolute Gasteiger partial charge is 0.371 e. The van der Waals surface area contributed by atoms with Crippen LogP contribution in [0, 0.1) is 0 Å². The van der Waals surface area contributed by atoms with Crippen molar-refractivity contribution in [3.63, 3.8) is 0 Å². The Bertz CT molecular complexity index is 728. The van der Waals surface area contributed by atoms with Gasteiger partial charge in [-0.1, -0.05) is 6.07 Å². The molecule has 2 aromatic heterocycles. The molecule has 0 spiro atoms. The smallest absolute Gasteiger partial charge is 0.269 e. The third-order valence-corrected chi connectivity index (χ3v) is 4.71. The molecule has 0 aliphatic carbocycles. The first kappa shape index (κ1) is 16.5. The third kappa shape index (κ3) is 3.42. The zero-order valence-corrected chi connectivity index (χ0v) is 14.6. The normalized spacial score (nSPS) is 18.0. The van der Waals surface area contributed by atoms with Crippen LogP contribution in [0.2, 0.25) is 0 Å². The van der Waals surface area contributed by atoms with Crippen LogP contribution in [0.1, 0.15) is 32.7 Å². The Labute approximate surface area is 142 Å². The van der Waals surface area contributed by atoms with Crippen molar-refractivity contribution in [3.8, 4) is 0 Å². The monoisotopic (exact) mass is 327 g/mol. The first-order valence-electron chi connectivity index (χ1n) is 8.54. The van der Waals surface area contributed by atoms with Crippen molar-refractivity contribution in [1.82, 2.24) is 14.8 Å². The number of aromatic nitrogens is 3. The number of rotatable bonds is 4. The summed E-state index contributed by atoms with van der Waals surface area (Å²) in [5.74, 6) is 0.964. The van der Waals surface area contributed by atoms with E-state index >= 15 is 0 Å². The summed E-state index contributed by atoms with van der Waals surface area (Å²) in [6, 6.07) is 8.03. The molecule has 128 valence electrons. The molecule has 24 heavy (non-hydrogen) atoms. The fourth-order valence-electron chi connectivity index (χ4n) is 3.08. The van der Waals surface area contributed by atoms with Crippen molar-refractivity contribution >= 4 is 11.5 Å². The van der Waals surface area contributed by atoms with Gasteiger partial charge in [0, 0.05) is 38.4 Å². The molecule has 0 N–H and O–H groups in total. The lowest BCUT2D eigenvalue weighted by Gasteiger charge is -2.34. The van der Waals surface area contributed by atoms with E-state index in [-0.39, 0.29) is 11.6 Å². The predicted octanol–water partition coefficient (Wildman–Crippen LogP) is 2.32. The molecule has 6 heteroatoms. The Balaban J connectivity index is 1.80. The minimum Gasteiger partial charge on any atom is -0.371 e. The third-order valence-electron chi connectivity index (χ3n) is 4.71. The quantitative estimate of drug-likeness (QED) is 0.863. The Morgan fingerprint density at radius 3 is 2.83 bits per heavy atom. The average molecular weight is 327 g/mol. The first-order valence-corrected chi connectivity index (χ1v) is 8.54. The number of hydrogen-bond donors (Lipinski definition) is 0. The molecule has 1 aliphatic rings. The Morgan fingerprint density at radius 1 is 1.33 bits per heavy atom. The maximum atomic E-state index is 12.5. The van der Waals surface area contributed by atoms with Crippen molar-refractivity contribution in [3.05, 3.63) is 47.0 Å². The molecule has 1 fully saturated rings. The van der Waals surface area contributed by atoms with Crippen LogP contribution in [0.15, 0.2) is 41.5 Å². The van der Waals surface area contributed by atoms with Gasteiger partial charge in [0.05, 0.1) is 17.9 Å². The number of hydrogen-bond acceptors (Lipinski definition) is 5. The van der Waals surface area contributed by atoms with Crippen LogP contribution < -0.4 is 15.4 Å². The van der Waals surface area contributed by atoms with E-state index in [1.807, 2.05) is 25.2 Å². The van der Waals surface area contributed by atoms with Crippen LogP contribution >= 0.6 is 0 Å². The van der Waals surface area contributed by atoms with Crippen LogP contribution in [-0.4, -0.2) is 40.9 Å². The summed E-state index contributed by atoms with van der Waals surface area (Å²) < 4.78 is 1.63. The second-order valence-electron chi connectivity index (χ2n) is 6.63. The Hall–Kier alpha value is -2.37. The van der Waals surface area contributed by atoms with Gasteiger partial charge >= 0.3 is 0 Å². The van der Waals surface area contributed by atoms with Crippen molar-refractivity contribution in [1.29, 1.82) is 0 Å². The maximum absolute atomic E-state index is 12.5. The van der Waals surface area contributed by atoms with Crippen LogP contribution in [0.25, 0.3) is 0 Å². The molecule has 0 saturated carbocycles. The lowest BCUT2D eigenvalue weighted by atomic mass is 10.1. The highest BCUT2D eigenvalue weighted by atomic mass is 16.1. The number of pyridine rings is 1. The zero-order chi connectivity index (χ0) is 17.1. The molecule has 0 amide bonds. The van der Waals surface area contributed by atoms with Gasteiger partial charge in [-0.3, -0.25) is 4.79 Å². The highest BCUT2D eigenvalue weighted by molar-refractivity contribution is 5.43. The zero-order valence-electron chi connectivity index (χ0n) is 14.6. The van der Waals surface area contributed by atoms with Crippen LogP contribution in [0.4, 0.5) is 11.5 Å². The molecule has 0 unspecified atom stereocenters. The van der Waals surface area contributed by atoms with E-state index < -0.39 is 0 Å². The van der Waals surface area contributed by atoms with Crippen molar-refractivity contribution in [2.75, 3.05) is 29.9 Å². The van der Waals surface area contributed by atoms with Gasteiger partial charge in [-0.25, -0.2) is 9.67 Å². The second kappa shape index (κ2) is 7.03. The molecule has 0 bridgehead atoms. The lowest BCUT2D eigenvalue weighted by Crippen LogP contribution is -2.41. The number of nitrogens with zero attached hydrogens (tertiary/aromatic N) is 5. The summed E-state index contributed by atoms with van der Waals surface area (Å²) in [4.78, 5) is 21.3. The van der Waals surface area contributed by atoms with E-state index in [0.717, 1.165) is 37.4 Å². The molecule has 1 saturated heterocycles. The SMILES string of the molecule is CC(C)N(C)c1cnn([C@@H]2CCCN(c3ccccn3)C2)c(=O)c1. The average Bonchev–Trinajstić information content (AvgIpc) is 2.61. The molecule has 6 nitrogen and oxygen atoms in total. The minimum atomic E-state index is -0.0344. The second-order valence-corrected chi connectivity index (χ2v) is 6.63. The van der Waals surface area contributed by atoms with E-state index in [9.17, 15) is 4.79 Å². The van der Waals surface area contributed by atoms with Gasteiger partial charge in [0.25, 0.3) is 5.56 Å². The van der Waals surface area contributed by atoms with Gasteiger partial charge in [-0.15, -0.1) is 0 Å². The maximum Gasteiger partial charge on any atom is 0.269 e. The molecule has 2 aromatic rings. The summed E-state index contributed by atoms with van der Waals surface area (Å²) in [6.45, 7) is 5.93. The minimum absolute atomic E-state index is 0.0344. The molecule has 3 rings (SSSR count).